The van der Waals surface area contributed by atoms with Crippen LogP contribution < -0.4 is 0 Å². The molecule has 2 rings (SSSR count). The summed E-state index contributed by atoms with van der Waals surface area (Å²) in [5.74, 6) is 0.160. The summed E-state index contributed by atoms with van der Waals surface area (Å²) in [6, 6.07) is 0. The van der Waals surface area contributed by atoms with Gasteiger partial charge in [0, 0.05) is 19.0 Å². The molecule has 2 aliphatic rings. The molecule has 2 unspecified atom stereocenters. The molecule has 0 radical (unpaired) electrons. The van der Waals surface area contributed by atoms with Gasteiger partial charge in [0.25, 0.3) is 0 Å². The molecule has 0 aromatic heterocycles. The van der Waals surface area contributed by atoms with E-state index in [1.54, 1.807) is 4.90 Å². The van der Waals surface area contributed by atoms with Crippen LogP contribution in [0, 0.1) is 11.3 Å². The van der Waals surface area contributed by atoms with Crippen molar-refractivity contribution in [3.05, 3.63) is 0 Å². The zero-order valence-electron chi connectivity index (χ0n) is 10.9. The third-order valence-electron chi connectivity index (χ3n) is 3.68. The number of rotatable bonds is 1. The SMILES string of the molecule is CC(C)(C)OC(=O)N1CCCC2(CC2C=O)C1. The number of carbonyl (C=O) groups is 2. The predicted octanol–water partition coefficient (Wildman–Crippen LogP) is 2.22. The van der Waals surface area contributed by atoms with E-state index in [0.29, 0.717) is 6.54 Å². The maximum absolute atomic E-state index is 11.9. The molecule has 0 bridgehead atoms. The lowest BCUT2D eigenvalue weighted by Gasteiger charge is -2.34. The normalized spacial score (nSPS) is 32.4. The van der Waals surface area contributed by atoms with Crippen LogP contribution in [0.15, 0.2) is 0 Å². The Bertz CT molecular complexity index is 334. The van der Waals surface area contributed by atoms with Gasteiger partial charge in [-0.25, -0.2) is 4.79 Å². The van der Waals surface area contributed by atoms with E-state index in [1.165, 1.54) is 0 Å². The molecule has 1 saturated heterocycles. The van der Waals surface area contributed by atoms with Gasteiger partial charge in [-0.15, -0.1) is 0 Å². The van der Waals surface area contributed by atoms with Crippen LogP contribution >= 0.6 is 0 Å². The topological polar surface area (TPSA) is 46.6 Å². The first kappa shape index (κ1) is 12.4. The van der Waals surface area contributed by atoms with Crippen molar-refractivity contribution in [3.8, 4) is 0 Å². The molecule has 1 heterocycles. The van der Waals surface area contributed by atoms with E-state index in [1.807, 2.05) is 20.8 Å². The van der Waals surface area contributed by atoms with Crippen LogP contribution in [0.25, 0.3) is 0 Å². The highest BCUT2D eigenvalue weighted by Crippen LogP contribution is 2.56. The van der Waals surface area contributed by atoms with Crippen molar-refractivity contribution in [2.45, 2.75) is 45.6 Å². The maximum Gasteiger partial charge on any atom is 0.410 e. The lowest BCUT2D eigenvalue weighted by Crippen LogP contribution is -2.44. The Morgan fingerprint density at radius 3 is 2.71 bits per heavy atom. The first-order valence-electron chi connectivity index (χ1n) is 6.30. The summed E-state index contributed by atoms with van der Waals surface area (Å²) in [4.78, 5) is 24.5. The number of ether oxygens (including phenoxy) is 1. The second kappa shape index (κ2) is 4.00. The van der Waals surface area contributed by atoms with Crippen LogP contribution in [0.1, 0.15) is 40.0 Å². The van der Waals surface area contributed by atoms with Crippen LogP contribution in [0.5, 0.6) is 0 Å². The van der Waals surface area contributed by atoms with E-state index in [-0.39, 0.29) is 17.4 Å². The number of likely N-dealkylation sites (tertiary alicyclic amines) is 1. The first-order chi connectivity index (χ1) is 7.86. The average Bonchev–Trinajstić information content (AvgIpc) is 2.88. The Morgan fingerprint density at radius 1 is 1.47 bits per heavy atom. The summed E-state index contributed by atoms with van der Waals surface area (Å²) in [6.45, 7) is 7.05. The third-order valence-corrected chi connectivity index (χ3v) is 3.68. The summed E-state index contributed by atoms with van der Waals surface area (Å²) in [5, 5.41) is 0. The summed E-state index contributed by atoms with van der Waals surface area (Å²) < 4.78 is 5.37. The number of hydrogen-bond acceptors (Lipinski definition) is 3. The lowest BCUT2D eigenvalue weighted by atomic mass is 9.93. The number of nitrogens with zero attached hydrogens (tertiary/aromatic N) is 1. The molecule has 4 heteroatoms. The van der Waals surface area contributed by atoms with E-state index in [0.717, 1.165) is 32.1 Å². The minimum atomic E-state index is -0.449. The summed E-state index contributed by atoms with van der Waals surface area (Å²) >= 11 is 0. The molecule has 17 heavy (non-hydrogen) atoms. The van der Waals surface area contributed by atoms with Gasteiger partial charge >= 0.3 is 6.09 Å². The van der Waals surface area contributed by atoms with Gasteiger partial charge in [0.05, 0.1) is 0 Å². The molecule has 4 nitrogen and oxygen atoms in total. The first-order valence-corrected chi connectivity index (χ1v) is 6.30. The minimum absolute atomic E-state index is 0.0803. The Hall–Kier alpha value is -1.06. The maximum atomic E-state index is 11.9. The number of piperidine rings is 1. The highest BCUT2D eigenvalue weighted by molar-refractivity contribution is 5.69. The van der Waals surface area contributed by atoms with Gasteiger partial charge in [0.1, 0.15) is 11.9 Å². The van der Waals surface area contributed by atoms with Crippen molar-refractivity contribution in [2.75, 3.05) is 13.1 Å². The summed E-state index contributed by atoms with van der Waals surface area (Å²) in [6.07, 6.45) is 3.78. The van der Waals surface area contributed by atoms with Crippen molar-refractivity contribution < 1.29 is 14.3 Å². The minimum Gasteiger partial charge on any atom is -0.444 e. The number of aldehydes is 1. The van der Waals surface area contributed by atoms with E-state index < -0.39 is 5.60 Å². The molecule has 0 N–H and O–H groups in total. The van der Waals surface area contributed by atoms with Crippen molar-refractivity contribution in [1.82, 2.24) is 4.90 Å². The monoisotopic (exact) mass is 239 g/mol. The molecule has 1 amide bonds. The van der Waals surface area contributed by atoms with Crippen LogP contribution in [-0.4, -0.2) is 36.0 Å². The molecular weight excluding hydrogens is 218 g/mol. The van der Waals surface area contributed by atoms with E-state index in [9.17, 15) is 9.59 Å². The molecule has 96 valence electrons. The van der Waals surface area contributed by atoms with Crippen LogP contribution in [-0.2, 0) is 9.53 Å². The molecular formula is C13H21NO3. The van der Waals surface area contributed by atoms with Gasteiger partial charge < -0.3 is 14.4 Å². The van der Waals surface area contributed by atoms with Gasteiger partial charge in [-0.3, -0.25) is 0 Å². The van der Waals surface area contributed by atoms with Gasteiger partial charge in [0.15, 0.2) is 0 Å². The fourth-order valence-corrected chi connectivity index (χ4v) is 2.68. The fourth-order valence-electron chi connectivity index (χ4n) is 2.68. The third kappa shape index (κ3) is 2.61. The quantitative estimate of drug-likeness (QED) is 0.659. The highest BCUT2D eigenvalue weighted by Gasteiger charge is 2.56. The van der Waals surface area contributed by atoms with Crippen LogP contribution in [0.3, 0.4) is 0 Å². The largest absolute Gasteiger partial charge is 0.444 e. The van der Waals surface area contributed by atoms with Crippen LogP contribution in [0.4, 0.5) is 4.79 Å². The second-order valence-corrected chi connectivity index (χ2v) is 6.31. The second-order valence-electron chi connectivity index (χ2n) is 6.31. The zero-order chi connectivity index (χ0) is 12.7. The summed E-state index contributed by atoms with van der Waals surface area (Å²) in [5.41, 5.74) is -0.369. The smallest absolute Gasteiger partial charge is 0.410 e. The molecule has 1 aliphatic heterocycles. The highest BCUT2D eigenvalue weighted by atomic mass is 16.6. The van der Waals surface area contributed by atoms with E-state index in [2.05, 4.69) is 0 Å². The van der Waals surface area contributed by atoms with E-state index >= 15 is 0 Å². The van der Waals surface area contributed by atoms with Crippen molar-refractivity contribution in [1.29, 1.82) is 0 Å². The Labute approximate surface area is 102 Å². The van der Waals surface area contributed by atoms with Gasteiger partial charge in [-0.2, -0.15) is 0 Å². The molecule has 2 atom stereocenters. The average molecular weight is 239 g/mol. The zero-order valence-corrected chi connectivity index (χ0v) is 10.9. The Balaban J connectivity index is 1.94. The standard InChI is InChI=1S/C13H21NO3/c1-12(2,3)17-11(16)14-6-4-5-13(9-14)7-10(13)8-15/h8,10H,4-7,9H2,1-3H3. The molecule has 1 saturated carbocycles. The van der Waals surface area contributed by atoms with Crippen molar-refractivity contribution in [2.24, 2.45) is 11.3 Å². The lowest BCUT2D eigenvalue weighted by molar-refractivity contribution is -0.109. The fraction of sp³-hybridized carbons (Fsp3) is 0.846. The van der Waals surface area contributed by atoms with Crippen LogP contribution in [0.2, 0.25) is 0 Å². The Kier molecular flexibility index (Phi) is 2.92. The van der Waals surface area contributed by atoms with Gasteiger partial charge in [-0.05, 0) is 45.4 Å². The molecule has 2 fully saturated rings. The Morgan fingerprint density at radius 2 is 2.18 bits per heavy atom. The number of carbonyl (C=O) groups excluding carboxylic acids is 2. The van der Waals surface area contributed by atoms with Gasteiger partial charge in [-0.1, -0.05) is 0 Å². The number of amides is 1. The van der Waals surface area contributed by atoms with Crippen molar-refractivity contribution >= 4 is 12.4 Å². The molecule has 0 aromatic carbocycles. The van der Waals surface area contributed by atoms with Crippen molar-refractivity contribution in [3.63, 3.8) is 0 Å². The number of hydrogen-bond donors (Lipinski definition) is 0. The molecule has 0 aromatic rings. The van der Waals surface area contributed by atoms with Gasteiger partial charge in [0.2, 0.25) is 0 Å². The molecule has 1 spiro atoms. The van der Waals surface area contributed by atoms with E-state index in [4.69, 9.17) is 4.74 Å². The molecule has 1 aliphatic carbocycles. The predicted molar refractivity (Wildman–Crippen MR) is 63.6 cm³/mol. The summed E-state index contributed by atoms with van der Waals surface area (Å²) in [7, 11) is 0.